The van der Waals surface area contributed by atoms with Crippen LogP contribution in [0, 0.1) is 11.2 Å². The van der Waals surface area contributed by atoms with Gasteiger partial charge in [0.25, 0.3) is 0 Å². The Bertz CT molecular complexity index is 1180. The molecule has 6 rings (SSSR count). The molecule has 1 atom stereocenters. The van der Waals surface area contributed by atoms with Crippen LogP contribution in [0.15, 0.2) is 36.7 Å². The molecule has 0 radical (unpaired) electrons. The summed E-state index contributed by atoms with van der Waals surface area (Å²) < 4.78 is 20.4. The molecule has 1 saturated heterocycles. The first kappa shape index (κ1) is 18.5. The number of anilines is 2. The standard InChI is InChI=1S/C23H23FN6O/c1-26-17-8-13(24)7-16-15(17)9-18-20(16)21(30-11-19(25)23(12-30)4-5-23)29-22(28-18)31-14-3-2-6-27-10-14/h2-3,6-8,10,19,26H,4-5,9,11-12,25H2,1H3/t19-/m1/s1. The van der Waals surface area contributed by atoms with E-state index < -0.39 is 0 Å². The van der Waals surface area contributed by atoms with Crippen LogP contribution in [0.5, 0.6) is 11.8 Å². The van der Waals surface area contributed by atoms with Gasteiger partial charge in [0.1, 0.15) is 17.4 Å². The second-order valence-corrected chi connectivity index (χ2v) is 8.70. The first-order chi connectivity index (χ1) is 15.1. The van der Waals surface area contributed by atoms with E-state index in [2.05, 4.69) is 15.2 Å². The van der Waals surface area contributed by atoms with E-state index in [4.69, 9.17) is 20.4 Å². The van der Waals surface area contributed by atoms with Gasteiger partial charge in [0.15, 0.2) is 0 Å². The number of halogens is 1. The number of hydrogen-bond donors (Lipinski definition) is 2. The number of nitrogens with one attached hydrogen (secondary N) is 1. The maximum Gasteiger partial charge on any atom is 0.324 e. The van der Waals surface area contributed by atoms with E-state index in [1.807, 2.05) is 6.07 Å². The Morgan fingerprint density at radius 2 is 2.16 bits per heavy atom. The topological polar surface area (TPSA) is 89.2 Å². The average molecular weight is 418 g/mol. The van der Waals surface area contributed by atoms with Gasteiger partial charge >= 0.3 is 6.01 Å². The fourth-order valence-corrected chi connectivity index (χ4v) is 4.95. The SMILES string of the molecule is CNc1cc(F)cc2c1Cc1nc(Oc3cccnc3)nc(N3C[C@@H](N)C4(CC4)C3)c1-2. The van der Waals surface area contributed by atoms with E-state index in [1.54, 1.807) is 31.6 Å². The highest BCUT2D eigenvalue weighted by Gasteiger charge is 2.54. The Balaban J connectivity index is 1.49. The average Bonchev–Trinajstić information content (AvgIpc) is 3.35. The van der Waals surface area contributed by atoms with Crippen LogP contribution in [0.4, 0.5) is 15.9 Å². The molecule has 0 amide bonds. The van der Waals surface area contributed by atoms with E-state index in [-0.39, 0.29) is 23.3 Å². The summed E-state index contributed by atoms with van der Waals surface area (Å²) in [6.45, 7) is 1.58. The minimum atomic E-state index is -0.283. The van der Waals surface area contributed by atoms with E-state index >= 15 is 0 Å². The molecule has 1 spiro atoms. The maximum absolute atomic E-state index is 14.4. The van der Waals surface area contributed by atoms with Gasteiger partial charge in [-0.2, -0.15) is 9.97 Å². The Kier molecular flexibility index (Phi) is 3.95. The predicted octanol–water partition coefficient (Wildman–Crippen LogP) is 3.34. The Morgan fingerprint density at radius 1 is 1.29 bits per heavy atom. The second kappa shape index (κ2) is 6.62. The zero-order valence-electron chi connectivity index (χ0n) is 17.2. The smallest absolute Gasteiger partial charge is 0.324 e. The van der Waals surface area contributed by atoms with Crippen LogP contribution in [-0.4, -0.2) is 41.1 Å². The summed E-state index contributed by atoms with van der Waals surface area (Å²) in [5.41, 5.74) is 11.0. The number of hydrogen-bond acceptors (Lipinski definition) is 7. The van der Waals surface area contributed by atoms with Gasteiger partial charge in [-0.25, -0.2) is 4.39 Å². The number of benzene rings is 1. The van der Waals surface area contributed by atoms with Crippen LogP contribution in [0.1, 0.15) is 24.1 Å². The lowest BCUT2D eigenvalue weighted by molar-refractivity contribution is 0.438. The number of fused-ring (bicyclic) bond motifs is 3. The molecule has 0 unspecified atom stereocenters. The van der Waals surface area contributed by atoms with Crippen molar-refractivity contribution in [3.8, 4) is 22.9 Å². The Hall–Kier alpha value is -3.26. The second-order valence-electron chi connectivity index (χ2n) is 8.70. The summed E-state index contributed by atoms with van der Waals surface area (Å²) >= 11 is 0. The van der Waals surface area contributed by atoms with Crippen molar-refractivity contribution < 1.29 is 9.13 Å². The molecule has 1 aliphatic heterocycles. The van der Waals surface area contributed by atoms with Gasteiger partial charge in [0, 0.05) is 55.5 Å². The monoisotopic (exact) mass is 418 g/mol. The van der Waals surface area contributed by atoms with Crippen molar-refractivity contribution >= 4 is 11.5 Å². The van der Waals surface area contributed by atoms with Crippen LogP contribution in [0.3, 0.4) is 0 Å². The Morgan fingerprint density at radius 3 is 2.87 bits per heavy atom. The summed E-state index contributed by atoms with van der Waals surface area (Å²) in [5.74, 6) is 1.06. The summed E-state index contributed by atoms with van der Waals surface area (Å²) in [4.78, 5) is 15.8. The van der Waals surface area contributed by atoms with E-state index in [0.29, 0.717) is 12.2 Å². The molecule has 31 heavy (non-hydrogen) atoms. The van der Waals surface area contributed by atoms with Crippen molar-refractivity contribution in [2.45, 2.75) is 25.3 Å². The van der Waals surface area contributed by atoms with Crippen molar-refractivity contribution in [1.82, 2.24) is 15.0 Å². The van der Waals surface area contributed by atoms with E-state index in [0.717, 1.165) is 59.8 Å². The molecule has 2 aliphatic carbocycles. The summed E-state index contributed by atoms with van der Waals surface area (Å²) in [6.07, 6.45) is 6.20. The zero-order valence-corrected chi connectivity index (χ0v) is 17.2. The quantitative estimate of drug-likeness (QED) is 0.525. The fraction of sp³-hybridized carbons (Fsp3) is 0.348. The predicted molar refractivity (Wildman–Crippen MR) is 116 cm³/mol. The number of nitrogens with two attached hydrogens (primary N) is 1. The zero-order chi connectivity index (χ0) is 21.2. The van der Waals surface area contributed by atoms with Crippen LogP contribution in [-0.2, 0) is 6.42 Å². The molecular weight excluding hydrogens is 395 g/mol. The number of nitrogens with zero attached hydrogens (tertiary/aromatic N) is 4. The molecule has 3 aromatic rings. The third kappa shape index (κ3) is 2.93. The molecule has 3 aliphatic rings. The minimum absolute atomic E-state index is 0.113. The Labute approximate surface area is 179 Å². The first-order valence-electron chi connectivity index (χ1n) is 10.6. The molecule has 7 nitrogen and oxygen atoms in total. The molecule has 0 bridgehead atoms. The fourth-order valence-electron chi connectivity index (χ4n) is 4.95. The van der Waals surface area contributed by atoms with Gasteiger partial charge < -0.3 is 20.7 Å². The molecule has 2 fully saturated rings. The van der Waals surface area contributed by atoms with Gasteiger partial charge in [-0.05, 0) is 48.2 Å². The summed E-state index contributed by atoms with van der Waals surface area (Å²) in [7, 11) is 1.80. The lowest BCUT2D eigenvalue weighted by Gasteiger charge is -2.21. The summed E-state index contributed by atoms with van der Waals surface area (Å²) in [5, 5.41) is 3.12. The lowest BCUT2D eigenvalue weighted by Crippen LogP contribution is -2.30. The summed E-state index contributed by atoms with van der Waals surface area (Å²) in [6, 6.07) is 7.11. The van der Waals surface area contributed by atoms with Gasteiger partial charge in [-0.1, -0.05) is 0 Å². The third-order valence-corrected chi connectivity index (χ3v) is 6.79. The number of rotatable bonds is 4. The van der Waals surface area contributed by atoms with Crippen LogP contribution >= 0.6 is 0 Å². The molecule has 1 saturated carbocycles. The molecule has 158 valence electrons. The van der Waals surface area contributed by atoms with E-state index in [9.17, 15) is 4.39 Å². The number of ether oxygens (including phenoxy) is 1. The number of pyridine rings is 1. The van der Waals surface area contributed by atoms with Crippen molar-refractivity contribution in [2.75, 3.05) is 30.4 Å². The molecule has 1 aromatic carbocycles. The molecule has 3 heterocycles. The highest BCUT2D eigenvalue weighted by atomic mass is 19.1. The van der Waals surface area contributed by atoms with E-state index in [1.165, 1.54) is 6.07 Å². The lowest BCUT2D eigenvalue weighted by atomic mass is 10.0. The largest absolute Gasteiger partial charge is 0.423 e. The maximum atomic E-state index is 14.4. The minimum Gasteiger partial charge on any atom is -0.423 e. The van der Waals surface area contributed by atoms with Crippen molar-refractivity contribution in [2.24, 2.45) is 11.1 Å². The van der Waals surface area contributed by atoms with Crippen molar-refractivity contribution in [1.29, 1.82) is 0 Å². The first-order valence-corrected chi connectivity index (χ1v) is 10.6. The van der Waals surface area contributed by atoms with Crippen LogP contribution in [0.2, 0.25) is 0 Å². The molecule has 3 N–H and O–H groups in total. The molecule has 2 aromatic heterocycles. The van der Waals surface area contributed by atoms with Gasteiger partial charge in [-0.15, -0.1) is 0 Å². The molecular formula is C23H23FN6O. The number of aromatic nitrogens is 3. The highest BCUT2D eigenvalue weighted by Crippen LogP contribution is 2.54. The third-order valence-electron chi connectivity index (χ3n) is 6.79. The molecule has 8 heteroatoms. The normalized spacial score (nSPS) is 20.0. The van der Waals surface area contributed by atoms with Crippen molar-refractivity contribution in [3.63, 3.8) is 0 Å². The highest BCUT2D eigenvalue weighted by molar-refractivity contribution is 5.88. The van der Waals surface area contributed by atoms with Gasteiger partial charge in [0.05, 0.1) is 11.9 Å². The van der Waals surface area contributed by atoms with Crippen molar-refractivity contribution in [3.05, 3.63) is 53.7 Å². The van der Waals surface area contributed by atoms with Crippen LogP contribution < -0.4 is 20.7 Å². The van der Waals surface area contributed by atoms with Crippen LogP contribution in [0.25, 0.3) is 11.1 Å². The van der Waals surface area contributed by atoms with Gasteiger partial charge in [-0.3, -0.25) is 4.98 Å². The van der Waals surface area contributed by atoms with Gasteiger partial charge in [0.2, 0.25) is 0 Å².